The van der Waals surface area contributed by atoms with E-state index in [9.17, 15) is 9.59 Å². The van der Waals surface area contributed by atoms with Crippen LogP contribution in [0, 0.1) is 11.8 Å². The summed E-state index contributed by atoms with van der Waals surface area (Å²) in [7, 11) is 0. The zero-order valence-electron chi connectivity index (χ0n) is 11.8. The third-order valence-corrected chi connectivity index (χ3v) is 3.41. The van der Waals surface area contributed by atoms with Crippen molar-refractivity contribution in [3.05, 3.63) is 24.2 Å². The molecule has 2 heterocycles. The molecule has 6 heteroatoms. The summed E-state index contributed by atoms with van der Waals surface area (Å²) in [6, 6.07) is 2.66. The summed E-state index contributed by atoms with van der Waals surface area (Å²) in [5, 5.41) is 8.76. The second kappa shape index (κ2) is 6.56. The fourth-order valence-electron chi connectivity index (χ4n) is 2.00. The minimum Gasteiger partial charge on any atom is -0.459 e. The molecule has 0 saturated carbocycles. The number of rotatable bonds is 6. The molecule has 1 saturated heterocycles. The van der Waals surface area contributed by atoms with Crippen LogP contribution < -0.4 is 16.0 Å². The lowest BCUT2D eigenvalue weighted by molar-refractivity contribution is -0.124. The van der Waals surface area contributed by atoms with Gasteiger partial charge in [0, 0.05) is 25.6 Å². The predicted molar refractivity (Wildman–Crippen MR) is 74.2 cm³/mol. The van der Waals surface area contributed by atoms with Crippen molar-refractivity contribution < 1.29 is 14.0 Å². The van der Waals surface area contributed by atoms with Crippen molar-refractivity contribution in [3.63, 3.8) is 0 Å². The molecular weight excluding hydrogens is 258 g/mol. The molecule has 110 valence electrons. The van der Waals surface area contributed by atoms with E-state index in [0.29, 0.717) is 12.5 Å². The molecule has 6 nitrogen and oxygen atoms in total. The summed E-state index contributed by atoms with van der Waals surface area (Å²) in [6.45, 7) is 6.32. The van der Waals surface area contributed by atoms with E-state index in [0.717, 1.165) is 13.1 Å². The molecule has 1 fully saturated rings. The first-order chi connectivity index (χ1) is 9.58. The van der Waals surface area contributed by atoms with E-state index in [1.807, 2.05) is 13.8 Å². The third-order valence-electron chi connectivity index (χ3n) is 3.41. The van der Waals surface area contributed by atoms with Gasteiger partial charge in [0.2, 0.25) is 5.91 Å². The van der Waals surface area contributed by atoms with Crippen LogP contribution in [0.4, 0.5) is 0 Å². The Morgan fingerprint density at radius 1 is 1.45 bits per heavy atom. The number of hydrogen-bond donors (Lipinski definition) is 3. The Balaban J connectivity index is 1.88. The van der Waals surface area contributed by atoms with E-state index >= 15 is 0 Å². The zero-order chi connectivity index (χ0) is 14.5. The highest BCUT2D eigenvalue weighted by molar-refractivity contribution is 5.95. The van der Waals surface area contributed by atoms with E-state index in [1.165, 1.54) is 6.26 Å². The Bertz CT molecular complexity index is 452. The van der Waals surface area contributed by atoms with Crippen LogP contribution in [0.15, 0.2) is 22.8 Å². The number of amides is 2. The van der Waals surface area contributed by atoms with E-state index in [-0.39, 0.29) is 23.5 Å². The molecule has 1 unspecified atom stereocenters. The molecule has 2 amide bonds. The Morgan fingerprint density at radius 3 is 2.70 bits per heavy atom. The lowest BCUT2D eigenvalue weighted by Crippen LogP contribution is -2.53. The Morgan fingerprint density at radius 2 is 2.20 bits per heavy atom. The summed E-state index contributed by atoms with van der Waals surface area (Å²) in [6.07, 6.45) is 1.43. The highest BCUT2D eigenvalue weighted by atomic mass is 16.3. The van der Waals surface area contributed by atoms with Crippen LogP contribution in [0.3, 0.4) is 0 Å². The van der Waals surface area contributed by atoms with Crippen LogP contribution in [0.5, 0.6) is 0 Å². The van der Waals surface area contributed by atoms with Crippen LogP contribution in [0.25, 0.3) is 0 Å². The SMILES string of the molecule is CC(C)C(NC(=O)c1ccco1)C(=O)NCC1CNC1. The Labute approximate surface area is 118 Å². The quantitative estimate of drug-likeness (QED) is 0.702. The summed E-state index contributed by atoms with van der Waals surface area (Å²) in [5.74, 6) is 0.202. The molecule has 1 aliphatic heterocycles. The normalized spacial score (nSPS) is 16.6. The molecule has 0 spiro atoms. The molecule has 20 heavy (non-hydrogen) atoms. The molecule has 1 aliphatic rings. The largest absolute Gasteiger partial charge is 0.459 e. The van der Waals surface area contributed by atoms with Gasteiger partial charge in [-0.25, -0.2) is 0 Å². The highest BCUT2D eigenvalue weighted by Crippen LogP contribution is 2.07. The molecule has 1 aromatic heterocycles. The Kier molecular flexibility index (Phi) is 4.79. The van der Waals surface area contributed by atoms with Crippen molar-refractivity contribution >= 4 is 11.8 Å². The van der Waals surface area contributed by atoms with E-state index in [4.69, 9.17) is 4.42 Å². The molecule has 3 N–H and O–H groups in total. The van der Waals surface area contributed by atoms with Crippen molar-refractivity contribution in [2.45, 2.75) is 19.9 Å². The Hall–Kier alpha value is -1.82. The molecule has 2 rings (SSSR count). The topological polar surface area (TPSA) is 83.4 Å². The van der Waals surface area contributed by atoms with Crippen molar-refractivity contribution in [1.82, 2.24) is 16.0 Å². The average Bonchev–Trinajstić information content (AvgIpc) is 2.86. The second-order valence-corrected chi connectivity index (χ2v) is 5.44. The van der Waals surface area contributed by atoms with Crippen LogP contribution in [0.1, 0.15) is 24.4 Å². The molecule has 1 aromatic rings. The van der Waals surface area contributed by atoms with E-state index in [1.54, 1.807) is 12.1 Å². The number of carbonyl (C=O) groups is 2. The van der Waals surface area contributed by atoms with Crippen molar-refractivity contribution in [1.29, 1.82) is 0 Å². The summed E-state index contributed by atoms with van der Waals surface area (Å²) < 4.78 is 5.03. The van der Waals surface area contributed by atoms with Gasteiger partial charge >= 0.3 is 0 Å². The van der Waals surface area contributed by atoms with Gasteiger partial charge in [-0.2, -0.15) is 0 Å². The first-order valence-corrected chi connectivity index (χ1v) is 6.90. The van der Waals surface area contributed by atoms with Gasteiger partial charge in [-0.3, -0.25) is 9.59 Å². The minimum atomic E-state index is -0.555. The van der Waals surface area contributed by atoms with Gasteiger partial charge < -0.3 is 20.4 Å². The standard InChI is InChI=1S/C14H21N3O3/c1-9(2)12(14(19)16-8-10-6-15-7-10)17-13(18)11-4-3-5-20-11/h3-5,9-10,12,15H,6-8H2,1-2H3,(H,16,19)(H,17,18). The fourth-order valence-corrected chi connectivity index (χ4v) is 2.00. The number of furan rings is 1. The fraction of sp³-hybridized carbons (Fsp3) is 0.571. The molecule has 1 atom stereocenters. The second-order valence-electron chi connectivity index (χ2n) is 5.44. The summed E-state index contributed by atoms with van der Waals surface area (Å²) >= 11 is 0. The van der Waals surface area contributed by atoms with Crippen molar-refractivity contribution in [3.8, 4) is 0 Å². The van der Waals surface area contributed by atoms with Crippen molar-refractivity contribution in [2.75, 3.05) is 19.6 Å². The highest BCUT2D eigenvalue weighted by Gasteiger charge is 2.26. The lowest BCUT2D eigenvalue weighted by atomic mass is 10.0. The molecule has 0 radical (unpaired) electrons. The van der Waals surface area contributed by atoms with Crippen LogP contribution in [-0.2, 0) is 4.79 Å². The van der Waals surface area contributed by atoms with Gasteiger partial charge in [-0.05, 0) is 18.1 Å². The van der Waals surface area contributed by atoms with Gasteiger partial charge in [0.15, 0.2) is 5.76 Å². The van der Waals surface area contributed by atoms with Crippen LogP contribution in [0.2, 0.25) is 0 Å². The maximum absolute atomic E-state index is 12.2. The third kappa shape index (κ3) is 3.60. The molecule has 0 aromatic carbocycles. The number of carbonyl (C=O) groups excluding carboxylic acids is 2. The average molecular weight is 279 g/mol. The van der Waals surface area contributed by atoms with Crippen LogP contribution >= 0.6 is 0 Å². The van der Waals surface area contributed by atoms with Gasteiger partial charge in [-0.1, -0.05) is 13.8 Å². The van der Waals surface area contributed by atoms with E-state index in [2.05, 4.69) is 16.0 Å². The smallest absolute Gasteiger partial charge is 0.287 e. The monoisotopic (exact) mass is 279 g/mol. The summed E-state index contributed by atoms with van der Waals surface area (Å²) in [4.78, 5) is 24.1. The van der Waals surface area contributed by atoms with Gasteiger partial charge in [0.25, 0.3) is 5.91 Å². The zero-order valence-corrected chi connectivity index (χ0v) is 11.8. The van der Waals surface area contributed by atoms with Gasteiger partial charge in [0.1, 0.15) is 6.04 Å². The number of nitrogens with one attached hydrogen (secondary N) is 3. The maximum atomic E-state index is 12.2. The maximum Gasteiger partial charge on any atom is 0.287 e. The summed E-state index contributed by atoms with van der Waals surface area (Å²) in [5.41, 5.74) is 0. The van der Waals surface area contributed by atoms with Gasteiger partial charge in [-0.15, -0.1) is 0 Å². The first kappa shape index (κ1) is 14.6. The lowest BCUT2D eigenvalue weighted by Gasteiger charge is -2.28. The molecular formula is C14H21N3O3. The van der Waals surface area contributed by atoms with Crippen LogP contribution in [-0.4, -0.2) is 37.5 Å². The molecule has 0 aliphatic carbocycles. The molecule has 0 bridgehead atoms. The van der Waals surface area contributed by atoms with Gasteiger partial charge in [0.05, 0.1) is 6.26 Å². The van der Waals surface area contributed by atoms with E-state index < -0.39 is 6.04 Å². The number of hydrogen-bond acceptors (Lipinski definition) is 4. The minimum absolute atomic E-state index is 0.00780. The first-order valence-electron chi connectivity index (χ1n) is 6.90. The van der Waals surface area contributed by atoms with Crippen molar-refractivity contribution in [2.24, 2.45) is 11.8 Å². The predicted octanol–water partition coefficient (Wildman–Crippen LogP) is 0.370.